The molecule has 9 heteroatoms. The van der Waals surface area contributed by atoms with Gasteiger partial charge in [-0.05, 0) is 60.9 Å². The minimum absolute atomic E-state index is 0.0606. The van der Waals surface area contributed by atoms with Gasteiger partial charge in [-0.25, -0.2) is 8.42 Å². The molecule has 0 atom stereocenters. The molecule has 0 saturated heterocycles. The number of hydrogen-bond acceptors (Lipinski definition) is 5. The van der Waals surface area contributed by atoms with Gasteiger partial charge in [0.1, 0.15) is 11.5 Å². The second kappa shape index (κ2) is 9.33. The van der Waals surface area contributed by atoms with E-state index in [9.17, 15) is 13.2 Å². The van der Waals surface area contributed by atoms with Crippen molar-refractivity contribution in [1.29, 1.82) is 0 Å². The summed E-state index contributed by atoms with van der Waals surface area (Å²) >= 11 is 6.29. The van der Waals surface area contributed by atoms with Gasteiger partial charge >= 0.3 is 0 Å². The number of hydrogen-bond donors (Lipinski definition) is 1. The molecule has 1 aliphatic heterocycles. The van der Waals surface area contributed by atoms with Gasteiger partial charge in [0.05, 0.1) is 28.4 Å². The van der Waals surface area contributed by atoms with Crippen molar-refractivity contribution in [2.45, 2.75) is 18.2 Å². The third-order valence-corrected chi connectivity index (χ3v) is 7.43. The SMILES string of the molecule is COc1ccc(C)cc1NC(=O)COc1ccc(S(=O)(=O)N2CCc3ccccc32)cc1Cl. The Kier molecular flexibility index (Phi) is 6.49. The predicted octanol–water partition coefficient (Wildman–Crippen LogP) is 4.43. The number of aryl methyl sites for hydroxylation is 1. The van der Waals surface area contributed by atoms with Crippen LogP contribution >= 0.6 is 11.6 Å². The number of benzene rings is 3. The fourth-order valence-corrected chi connectivity index (χ4v) is 5.52. The first kappa shape index (κ1) is 22.9. The number of para-hydroxylation sites is 1. The van der Waals surface area contributed by atoms with Crippen molar-refractivity contribution in [2.24, 2.45) is 0 Å². The Hall–Kier alpha value is -3.23. The third-order valence-electron chi connectivity index (χ3n) is 5.32. The predicted molar refractivity (Wildman–Crippen MR) is 128 cm³/mol. The van der Waals surface area contributed by atoms with Crippen LogP contribution in [0, 0.1) is 6.92 Å². The first-order chi connectivity index (χ1) is 15.8. The van der Waals surface area contributed by atoms with Crippen LogP contribution < -0.4 is 19.1 Å². The van der Waals surface area contributed by atoms with E-state index in [-0.39, 0.29) is 22.3 Å². The van der Waals surface area contributed by atoms with Gasteiger partial charge in [-0.3, -0.25) is 9.10 Å². The van der Waals surface area contributed by atoms with Crippen LogP contribution in [0.2, 0.25) is 5.02 Å². The summed E-state index contributed by atoms with van der Waals surface area (Å²) in [6, 6.07) is 17.1. The Balaban J connectivity index is 1.45. The number of rotatable bonds is 7. The summed E-state index contributed by atoms with van der Waals surface area (Å²) in [5.74, 6) is 0.342. The van der Waals surface area contributed by atoms with Crippen molar-refractivity contribution in [3.63, 3.8) is 0 Å². The minimum Gasteiger partial charge on any atom is -0.495 e. The Labute approximate surface area is 197 Å². The Morgan fingerprint density at radius 1 is 1.09 bits per heavy atom. The molecular formula is C24H23ClN2O5S. The number of ether oxygens (including phenoxy) is 2. The molecule has 1 amide bonds. The number of fused-ring (bicyclic) bond motifs is 1. The smallest absolute Gasteiger partial charge is 0.264 e. The second-order valence-electron chi connectivity index (χ2n) is 7.59. The molecule has 0 saturated carbocycles. The maximum Gasteiger partial charge on any atom is 0.264 e. The fraction of sp³-hybridized carbons (Fsp3) is 0.208. The largest absolute Gasteiger partial charge is 0.495 e. The third kappa shape index (κ3) is 4.77. The number of methoxy groups -OCH3 is 1. The molecule has 7 nitrogen and oxygen atoms in total. The highest BCUT2D eigenvalue weighted by atomic mass is 35.5. The highest BCUT2D eigenvalue weighted by Gasteiger charge is 2.31. The Bertz CT molecular complexity index is 1310. The van der Waals surface area contributed by atoms with Crippen molar-refractivity contribution in [3.8, 4) is 11.5 Å². The molecule has 1 heterocycles. The van der Waals surface area contributed by atoms with Crippen LogP contribution in [-0.2, 0) is 21.2 Å². The monoisotopic (exact) mass is 486 g/mol. The maximum atomic E-state index is 13.2. The van der Waals surface area contributed by atoms with Gasteiger partial charge in [-0.2, -0.15) is 0 Å². The van der Waals surface area contributed by atoms with E-state index in [1.807, 2.05) is 31.2 Å². The lowest BCUT2D eigenvalue weighted by molar-refractivity contribution is -0.118. The molecule has 0 unspecified atom stereocenters. The van der Waals surface area contributed by atoms with E-state index in [0.29, 0.717) is 30.1 Å². The molecule has 0 fully saturated rings. The maximum absolute atomic E-state index is 13.2. The van der Waals surface area contributed by atoms with Crippen LogP contribution in [0.25, 0.3) is 0 Å². The quantitative estimate of drug-likeness (QED) is 0.534. The summed E-state index contributed by atoms with van der Waals surface area (Å²) < 4.78 is 38.5. The van der Waals surface area contributed by atoms with Crippen molar-refractivity contribution < 1.29 is 22.7 Å². The summed E-state index contributed by atoms with van der Waals surface area (Å²) in [6.45, 7) is 1.98. The first-order valence-electron chi connectivity index (χ1n) is 10.3. The van der Waals surface area contributed by atoms with Crippen LogP contribution in [-0.4, -0.2) is 34.6 Å². The van der Waals surface area contributed by atoms with E-state index in [0.717, 1.165) is 11.1 Å². The second-order valence-corrected chi connectivity index (χ2v) is 9.86. The van der Waals surface area contributed by atoms with Crippen LogP contribution in [0.15, 0.2) is 65.6 Å². The zero-order valence-corrected chi connectivity index (χ0v) is 19.7. The summed E-state index contributed by atoms with van der Waals surface area (Å²) in [5, 5.41) is 2.84. The van der Waals surface area contributed by atoms with E-state index in [4.69, 9.17) is 21.1 Å². The molecule has 0 spiro atoms. The number of halogens is 1. The topological polar surface area (TPSA) is 84.9 Å². The van der Waals surface area contributed by atoms with Crippen molar-refractivity contribution in [3.05, 3.63) is 76.8 Å². The van der Waals surface area contributed by atoms with Crippen LogP contribution in [0.4, 0.5) is 11.4 Å². The molecular weight excluding hydrogens is 464 g/mol. The summed E-state index contributed by atoms with van der Waals surface area (Å²) in [7, 11) is -2.25. The fourth-order valence-electron chi connectivity index (χ4n) is 3.69. The molecule has 1 N–H and O–H groups in total. The average Bonchev–Trinajstić information content (AvgIpc) is 3.23. The molecule has 0 radical (unpaired) electrons. The van der Waals surface area contributed by atoms with Crippen molar-refractivity contribution in [1.82, 2.24) is 0 Å². The number of nitrogens with zero attached hydrogens (tertiary/aromatic N) is 1. The molecule has 3 aromatic carbocycles. The number of anilines is 2. The number of carbonyl (C=O) groups excluding carboxylic acids is 1. The van der Waals surface area contributed by atoms with Crippen molar-refractivity contribution >= 4 is 38.9 Å². The molecule has 0 aliphatic carbocycles. The Morgan fingerprint density at radius 3 is 2.61 bits per heavy atom. The van der Waals surface area contributed by atoms with Gasteiger partial charge in [0.25, 0.3) is 15.9 Å². The molecule has 4 rings (SSSR count). The lowest BCUT2D eigenvalue weighted by Crippen LogP contribution is -2.29. The summed E-state index contributed by atoms with van der Waals surface area (Å²) in [5.41, 5.74) is 3.16. The molecule has 3 aromatic rings. The van der Waals surface area contributed by atoms with E-state index < -0.39 is 15.9 Å². The zero-order valence-electron chi connectivity index (χ0n) is 18.2. The molecule has 1 aliphatic rings. The number of amides is 1. The van der Waals surface area contributed by atoms with Crippen LogP contribution in [0.1, 0.15) is 11.1 Å². The minimum atomic E-state index is -3.77. The molecule has 172 valence electrons. The van der Waals surface area contributed by atoms with E-state index in [1.54, 1.807) is 18.2 Å². The molecule has 0 aromatic heterocycles. The van der Waals surface area contributed by atoms with Gasteiger partial charge in [0.15, 0.2) is 6.61 Å². The number of sulfonamides is 1. The normalized spacial score (nSPS) is 12.9. The van der Waals surface area contributed by atoms with Crippen LogP contribution in [0.5, 0.6) is 11.5 Å². The molecule has 0 bridgehead atoms. The average molecular weight is 487 g/mol. The summed E-state index contributed by atoms with van der Waals surface area (Å²) in [6.07, 6.45) is 0.658. The summed E-state index contributed by atoms with van der Waals surface area (Å²) in [4.78, 5) is 12.4. The Morgan fingerprint density at radius 2 is 1.85 bits per heavy atom. The first-order valence-corrected chi connectivity index (χ1v) is 12.1. The van der Waals surface area contributed by atoms with Gasteiger partial charge in [-0.15, -0.1) is 0 Å². The highest BCUT2D eigenvalue weighted by molar-refractivity contribution is 7.92. The lowest BCUT2D eigenvalue weighted by Gasteiger charge is -2.20. The van der Waals surface area contributed by atoms with Crippen molar-refractivity contribution in [2.75, 3.05) is 29.9 Å². The number of carbonyl (C=O) groups is 1. The number of nitrogens with one attached hydrogen (secondary N) is 1. The van der Waals surface area contributed by atoms with E-state index in [1.165, 1.54) is 29.6 Å². The van der Waals surface area contributed by atoms with E-state index >= 15 is 0 Å². The zero-order chi connectivity index (χ0) is 23.6. The highest BCUT2D eigenvalue weighted by Crippen LogP contribution is 2.35. The van der Waals surface area contributed by atoms with Crippen LogP contribution in [0.3, 0.4) is 0 Å². The van der Waals surface area contributed by atoms with Gasteiger partial charge < -0.3 is 14.8 Å². The van der Waals surface area contributed by atoms with Gasteiger partial charge in [0.2, 0.25) is 0 Å². The lowest BCUT2D eigenvalue weighted by atomic mass is 10.2. The standard InChI is InChI=1S/C24H23ClN2O5S/c1-16-7-9-23(31-2)20(13-16)26-24(28)15-32-22-10-8-18(14-19(22)25)33(29,30)27-12-11-17-5-3-4-6-21(17)27/h3-10,13-14H,11-12,15H2,1-2H3,(H,26,28). The van der Waals surface area contributed by atoms with Gasteiger partial charge in [-0.1, -0.05) is 35.9 Å². The van der Waals surface area contributed by atoms with Gasteiger partial charge in [0, 0.05) is 6.54 Å². The van der Waals surface area contributed by atoms with E-state index in [2.05, 4.69) is 5.32 Å². The molecule has 33 heavy (non-hydrogen) atoms.